The van der Waals surface area contributed by atoms with Crippen molar-refractivity contribution >= 4 is 5.91 Å². The summed E-state index contributed by atoms with van der Waals surface area (Å²) in [5.41, 5.74) is 0.976. The van der Waals surface area contributed by atoms with E-state index in [9.17, 15) is 15.0 Å². The van der Waals surface area contributed by atoms with Gasteiger partial charge in [-0.2, -0.15) is 0 Å². The smallest absolute Gasteiger partial charge is 0.254 e. The molecule has 1 fully saturated rings. The summed E-state index contributed by atoms with van der Waals surface area (Å²) in [6.45, 7) is 4.49. The number of carbonyl (C=O) groups excluding carboxylic acids is 1. The number of likely N-dealkylation sites (tertiary alicyclic amines) is 1. The minimum atomic E-state index is -0.710. The van der Waals surface area contributed by atoms with Crippen molar-refractivity contribution in [2.24, 2.45) is 0 Å². The summed E-state index contributed by atoms with van der Waals surface area (Å²) in [6.07, 6.45) is 0.871. The van der Waals surface area contributed by atoms with E-state index in [1.165, 1.54) is 0 Å². The van der Waals surface area contributed by atoms with E-state index in [0.717, 1.165) is 12.0 Å². The van der Waals surface area contributed by atoms with Gasteiger partial charge in [0.2, 0.25) is 0 Å². The van der Waals surface area contributed by atoms with Crippen LogP contribution in [0.25, 0.3) is 0 Å². The van der Waals surface area contributed by atoms with Gasteiger partial charge in [-0.25, -0.2) is 0 Å². The van der Waals surface area contributed by atoms with Crippen molar-refractivity contribution in [2.75, 3.05) is 27.2 Å². The van der Waals surface area contributed by atoms with Gasteiger partial charge in [0.15, 0.2) is 0 Å². The average Bonchev–Trinajstić information content (AvgIpc) is 2.86. The Balaban J connectivity index is 2.06. The van der Waals surface area contributed by atoms with Gasteiger partial charge >= 0.3 is 0 Å². The van der Waals surface area contributed by atoms with E-state index >= 15 is 0 Å². The zero-order chi connectivity index (χ0) is 17.2. The third kappa shape index (κ3) is 4.77. The lowest BCUT2D eigenvalue weighted by atomic mass is 9.98. The van der Waals surface area contributed by atoms with Crippen LogP contribution in [0.2, 0.25) is 0 Å². The fourth-order valence-corrected chi connectivity index (χ4v) is 2.94. The second-order valence-corrected chi connectivity index (χ2v) is 7.32. The molecule has 2 atom stereocenters. The summed E-state index contributed by atoms with van der Waals surface area (Å²) in [5.74, 6) is -0.0430. The molecule has 0 aliphatic carbocycles. The molecular formula is C18H28N2O3. The SMILES string of the molecule is CN(C)C1CN(C(=O)c2cccc(CCC(C)(C)O)c2)CC1O. The minimum absolute atomic E-state index is 0.0164. The van der Waals surface area contributed by atoms with Crippen LogP contribution in [0.4, 0.5) is 0 Å². The summed E-state index contributed by atoms with van der Waals surface area (Å²) >= 11 is 0. The Bertz CT molecular complexity index is 551. The van der Waals surface area contributed by atoms with Crippen molar-refractivity contribution in [1.29, 1.82) is 0 Å². The molecule has 1 heterocycles. The van der Waals surface area contributed by atoms with Gasteiger partial charge in [-0.05, 0) is 58.5 Å². The molecule has 0 bridgehead atoms. The fraction of sp³-hybridized carbons (Fsp3) is 0.611. The molecule has 5 heteroatoms. The monoisotopic (exact) mass is 320 g/mol. The van der Waals surface area contributed by atoms with Gasteiger partial charge in [0, 0.05) is 18.7 Å². The van der Waals surface area contributed by atoms with Crippen LogP contribution in [0.5, 0.6) is 0 Å². The fourth-order valence-electron chi connectivity index (χ4n) is 2.94. The third-order valence-corrected chi connectivity index (χ3v) is 4.41. The van der Waals surface area contributed by atoms with Crippen molar-refractivity contribution in [1.82, 2.24) is 9.80 Å². The zero-order valence-electron chi connectivity index (χ0n) is 14.5. The minimum Gasteiger partial charge on any atom is -0.390 e. The molecule has 1 aromatic rings. The van der Waals surface area contributed by atoms with E-state index in [-0.39, 0.29) is 11.9 Å². The lowest BCUT2D eigenvalue weighted by Gasteiger charge is -2.21. The molecule has 1 aliphatic rings. The second-order valence-electron chi connectivity index (χ2n) is 7.32. The molecule has 5 nitrogen and oxygen atoms in total. The second kappa shape index (κ2) is 6.99. The molecule has 0 radical (unpaired) electrons. The van der Waals surface area contributed by atoms with E-state index in [0.29, 0.717) is 25.1 Å². The van der Waals surface area contributed by atoms with Crippen molar-refractivity contribution < 1.29 is 15.0 Å². The van der Waals surface area contributed by atoms with E-state index in [1.54, 1.807) is 18.7 Å². The summed E-state index contributed by atoms with van der Waals surface area (Å²) < 4.78 is 0. The van der Waals surface area contributed by atoms with Gasteiger partial charge in [0.05, 0.1) is 17.7 Å². The van der Waals surface area contributed by atoms with Crippen LogP contribution in [0, 0.1) is 0 Å². The molecule has 1 saturated heterocycles. The summed E-state index contributed by atoms with van der Waals surface area (Å²) in [5, 5.41) is 19.9. The lowest BCUT2D eigenvalue weighted by molar-refractivity contribution is 0.0714. The number of carbonyl (C=O) groups is 1. The number of rotatable bonds is 5. The maximum atomic E-state index is 12.7. The highest BCUT2D eigenvalue weighted by atomic mass is 16.3. The molecule has 0 spiro atoms. The maximum absolute atomic E-state index is 12.7. The highest BCUT2D eigenvalue weighted by Gasteiger charge is 2.35. The first kappa shape index (κ1) is 17.9. The van der Waals surface area contributed by atoms with Crippen LogP contribution in [0.15, 0.2) is 24.3 Å². The van der Waals surface area contributed by atoms with Crippen LogP contribution in [0.1, 0.15) is 36.2 Å². The number of hydrogen-bond donors (Lipinski definition) is 2. The van der Waals surface area contributed by atoms with Crippen LogP contribution >= 0.6 is 0 Å². The molecular weight excluding hydrogens is 292 g/mol. The van der Waals surface area contributed by atoms with Crippen LogP contribution in [-0.2, 0) is 6.42 Å². The van der Waals surface area contributed by atoms with Crippen LogP contribution < -0.4 is 0 Å². The molecule has 0 aromatic heterocycles. The predicted molar refractivity (Wildman–Crippen MR) is 90.4 cm³/mol. The number of nitrogens with zero attached hydrogens (tertiary/aromatic N) is 2. The first-order chi connectivity index (χ1) is 10.7. The number of β-amino-alcohol motifs (C(OH)–C–C–N with tert-alkyl or cyclic N) is 1. The Kier molecular flexibility index (Phi) is 5.45. The van der Waals surface area contributed by atoms with Crippen LogP contribution in [0.3, 0.4) is 0 Å². The molecule has 0 saturated carbocycles. The first-order valence-corrected chi connectivity index (χ1v) is 8.12. The number of hydrogen-bond acceptors (Lipinski definition) is 4. The third-order valence-electron chi connectivity index (χ3n) is 4.41. The van der Waals surface area contributed by atoms with E-state index in [4.69, 9.17) is 0 Å². The van der Waals surface area contributed by atoms with Crippen molar-refractivity contribution in [3.63, 3.8) is 0 Å². The molecule has 1 aliphatic heterocycles. The Morgan fingerprint density at radius 1 is 1.35 bits per heavy atom. The van der Waals surface area contributed by atoms with Crippen molar-refractivity contribution in [3.05, 3.63) is 35.4 Å². The van der Waals surface area contributed by atoms with E-state index < -0.39 is 11.7 Å². The normalized spacial score (nSPS) is 22.0. The van der Waals surface area contributed by atoms with Crippen molar-refractivity contribution in [3.8, 4) is 0 Å². The van der Waals surface area contributed by atoms with Gasteiger partial charge in [-0.15, -0.1) is 0 Å². The number of amides is 1. The summed E-state index contributed by atoms with van der Waals surface area (Å²) in [7, 11) is 3.83. The standard InChI is InChI=1S/C18H28N2O3/c1-18(2,23)9-8-13-6-5-7-14(10-13)17(22)20-11-15(19(3)4)16(21)12-20/h5-7,10,15-16,21,23H,8-9,11-12H2,1-4H3. The first-order valence-electron chi connectivity index (χ1n) is 8.12. The highest BCUT2D eigenvalue weighted by Crippen LogP contribution is 2.19. The van der Waals surface area contributed by atoms with E-state index in [2.05, 4.69) is 0 Å². The number of aryl methyl sites for hydroxylation is 1. The lowest BCUT2D eigenvalue weighted by Crippen LogP contribution is -2.38. The summed E-state index contributed by atoms with van der Waals surface area (Å²) in [4.78, 5) is 16.3. The largest absolute Gasteiger partial charge is 0.390 e. The Morgan fingerprint density at radius 2 is 2.04 bits per heavy atom. The Morgan fingerprint density at radius 3 is 2.61 bits per heavy atom. The van der Waals surface area contributed by atoms with Gasteiger partial charge in [-0.3, -0.25) is 4.79 Å². The molecule has 2 rings (SSSR count). The van der Waals surface area contributed by atoms with E-state index in [1.807, 2.05) is 43.3 Å². The Labute approximate surface area is 138 Å². The molecule has 2 unspecified atom stereocenters. The molecule has 2 N–H and O–H groups in total. The maximum Gasteiger partial charge on any atom is 0.254 e. The van der Waals surface area contributed by atoms with Gasteiger partial charge in [-0.1, -0.05) is 12.1 Å². The average molecular weight is 320 g/mol. The number of aliphatic hydroxyl groups excluding tert-OH is 1. The molecule has 1 aromatic carbocycles. The quantitative estimate of drug-likeness (QED) is 0.854. The van der Waals surface area contributed by atoms with Gasteiger partial charge in [0.25, 0.3) is 5.91 Å². The number of benzene rings is 1. The number of aliphatic hydroxyl groups is 2. The molecule has 23 heavy (non-hydrogen) atoms. The Hall–Kier alpha value is -1.43. The zero-order valence-corrected chi connectivity index (χ0v) is 14.5. The molecule has 1 amide bonds. The summed E-state index contributed by atoms with van der Waals surface area (Å²) in [6, 6.07) is 7.54. The predicted octanol–water partition coefficient (Wildman–Crippen LogP) is 1.14. The number of likely N-dealkylation sites (N-methyl/N-ethyl adjacent to an activating group) is 1. The van der Waals surface area contributed by atoms with Crippen molar-refractivity contribution in [2.45, 2.75) is 44.4 Å². The topological polar surface area (TPSA) is 64.0 Å². The van der Waals surface area contributed by atoms with Gasteiger partial charge in [0.1, 0.15) is 0 Å². The highest BCUT2D eigenvalue weighted by molar-refractivity contribution is 5.94. The molecule has 128 valence electrons. The van der Waals surface area contributed by atoms with Crippen LogP contribution in [-0.4, -0.2) is 70.9 Å². The van der Waals surface area contributed by atoms with Gasteiger partial charge < -0.3 is 20.0 Å².